The Labute approximate surface area is 65.2 Å². The Morgan fingerprint density at radius 1 is 1.27 bits per heavy atom. The predicted octanol–water partition coefficient (Wildman–Crippen LogP) is 2.47. The van der Waals surface area contributed by atoms with Crippen LogP contribution in [0, 0.1) is 0 Å². The summed E-state index contributed by atoms with van der Waals surface area (Å²) in [4.78, 5) is 0. The molecule has 0 heterocycles. The second kappa shape index (κ2) is 5.24. The van der Waals surface area contributed by atoms with Gasteiger partial charge in [-0.1, -0.05) is 12.2 Å². The highest BCUT2D eigenvalue weighted by molar-refractivity contribution is 7.48. The van der Waals surface area contributed by atoms with Crippen molar-refractivity contribution in [3.63, 3.8) is 0 Å². The quantitative estimate of drug-likeness (QED) is 0.465. The molecule has 0 aromatic heterocycles. The largest absolute Gasteiger partial charge is 0.513 e. The van der Waals surface area contributed by atoms with Crippen LogP contribution in [0.15, 0.2) is 25.3 Å². The minimum atomic E-state index is -4.37. The molecule has 0 N–H and O–H groups in total. The van der Waals surface area contributed by atoms with Crippen LogP contribution < -0.4 is 0 Å². The molecule has 0 unspecified atom stereocenters. The molecule has 11 heavy (non-hydrogen) atoms. The molecule has 0 bridgehead atoms. The first-order valence-corrected chi connectivity index (χ1v) is 4.36. The van der Waals surface area contributed by atoms with E-state index in [0.717, 1.165) is 0 Å². The Hall–Kier alpha value is -0.440. The van der Waals surface area contributed by atoms with Gasteiger partial charge in [-0.3, -0.25) is 9.05 Å². The van der Waals surface area contributed by atoms with E-state index in [-0.39, 0.29) is 13.2 Å². The smallest absolute Gasteiger partial charge is 0.279 e. The van der Waals surface area contributed by atoms with Crippen molar-refractivity contribution in [1.29, 1.82) is 0 Å². The van der Waals surface area contributed by atoms with Crippen LogP contribution in [0.1, 0.15) is 0 Å². The van der Waals surface area contributed by atoms with Crippen molar-refractivity contribution in [2.24, 2.45) is 0 Å². The summed E-state index contributed by atoms with van der Waals surface area (Å²) in [7, 11) is -4.37. The molecule has 0 rings (SSSR count). The second-order valence-electron chi connectivity index (χ2n) is 1.60. The van der Waals surface area contributed by atoms with E-state index in [9.17, 15) is 8.76 Å². The molecular formula is C6H10FO3P. The van der Waals surface area contributed by atoms with Crippen molar-refractivity contribution in [1.82, 2.24) is 0 Å². The van der Waals surface area contributed by atoms with Gasteiger partial charge in [-0.25, -0.2) is 4.57 Å². The van der Waals surface area contributed by atoms with E-state index in [1.165, 1.54) is 12.2 Å². The molecular weight excluding hydrogens is 170 g/mol. The molecule has 0 spiro atoms. The zero-order chi connectivity index (χ0) is 8.74. The Morgan fingerprint density at radius 3 is 1.91 bits per heavy atom. The molecule has 0 aliphatic heterocycles. The third-order valence-corrected chi connectivity index (χ3v) is 1.61. The van der Waals surface area contributed by atoms with E-state index in [1.807, 2.05) is 0 Å². The van der Waals surface area contributed by atoms with Crippen molar-refractivity contribution < 1.29 is 17.8 Å². The van der Waals surface area contributed by atoms with Crippen LogP contribution in [-0.4, -0.2) is 13.2 Å². The van der Waals surface area contributed by atoms with Crippen LogP contribution in [0.3, 0.4) is 0 Å². The molecule has 0 amide bonds. The van der Waals surface area contributed by atoms with Crippen LogP contribution in [0.25, 0.3) is 0 Å². The fourth-order valence-electron chi connectivity index (χ4n) is 0.321. The van der Waals surface area contributed by atoms with E-state index in [2.05, 4.69) is 22.2 Å². The van der Waals surface area contributed by atoms with Crippen LogP contribution >= 0.6 is 7.91 Å². The number of halogens is 1. The summed E-state index contributed by atoms with van der Waals surface area (Å²) in [5.74, 6) is 0. The summed E-state index contributed by atoms with van der Waals surface area (Å²) in [6.07, 6.45) is 2.56. The molecule has 0 saturated heterocycles. The van der Waals surface area contributed by atoms with Crippen LogP contribution in [-0.2, 0) is 13.6 Å². The average molecular weight is 180 g/mol. The third-order valence-electron chi connectivity index (χ3n) is 0.693. The lowest BCUT2D eigenvalue weighted by atomic mass is 10.7. The van der Waals surface area contributed by atoms with E-state index in [0.29, 0.717) is 0 Å². The summed E-state index contributed by atoms with van der Waals surface area (Å²) in [6.45, 7) is 6.24. The lowest BCUT2D eigenvalue weighted by molar-refractivity contribution is 0.203. The van der Waals surface area contributed by atoms with E-state index >= 15 is 0 Å². The average Bonchev–Trinajstić information content (AvgIpc) is 1.97. The first kappa shape index (κ1) is 10.6. The Bertz CT molecular complexity index is 165. The molecule has 0 atom stereocenters. The van der Waals surface area contributed by atoms with Gasteiger partial charge in [0.2, 0.25) is 0 Å². The molecule has 0 aliphatic rings. The highest BCUT2D eigenvalue weighted by Crippen LogP contribution is 2.49. The monoisotopic (exact) mass is 180 g/mol. The second-order valence-corrected chi connectivity index (χ2v) is 2.98. The molecule has 0 aliphatic carbocycles. The maximum Gasteiger partial charge on any atom is 0.513 e. The fraction of sp³-hybridized carbons (Fsp3) is 0.333. The predicted molar refractivity (Wildman–Crippen MR) is 41.0 cm³/mol. The minimum Gasteiger partial charge on any atom is -0.279 e. The van der Waals surface area contributed by atoms with Crippen molar-refractivity contribution in [3.8, 4) is 0 Å². The highest BCUT2D eigenvalue weighted by Gasteiger charge is 2.21. The third kappa shape index (κ3) is 5.98. The van der Waals surface area contributed by atoms with E-state index in [4.69, 9.17) is 0 Å². The van der Waals surface area contributed by atoms with Gasteiger partial charge < -0.3 is 0 Å². The minimum absolute atomic E-state index is 0.134. The summed E-state index contributed by atoms with van der Waals surface area (Å²) in [6, 6.07) is 0. The molecule has 5 heteroatoms. The van der Waals surface area contributed by atoms with E-state index < -0.39 is 7.91 Å². The summed E-state index contributed by atoms with van der Waals surface area (Å²) in [5, 5.41) is 0. The van der Waals surface area contributed by atoms with Gasteiger partial charge in [-0.2, -0.15) is 0 Å². The summed E-state index contributed by atoms with van der Waals surface area (Å²) >= 11 is 0. The lowest BCUT2D eigenvalue weighted by Crippen LogP contribution is -1.91. The standard InChI is InChI=1S/C6H10FO3P/c1-3-5-9-11(7,8)10-6-4-2/h3-4H,1-2,5-6H2. The van der Waals surface area contributed by atoms with Crippen molar-refractivity contribution in [2.45, 2.75) is 0 Å². The molecule has 0 radical (unpaired) electrons. The maximum absolute atomic E-state index is 12.5. The number of hydrogen-bond acceptors (Lipinski definition) is 3. The zero-order valence-electron chi connectivity index (χ0n) is 6.03. The normalized spacial score (nSPS) is 11.0. The van der Waals surface area contributed by atoms with Gasteiger partial charge in [0.25, 0.3) is 0 Å². The van der Waals surface area contributed by atoms with Crippen LogP contribution in [0.5, 0.6) is 0 Å². The van der Waals surface area contributed by atoms with Crippen LogP contribution in [0.4, 0.5) is 4.20 Å². The van der Waals surface area contributed by atoms with Gasteiger partial charge in [0, 0.05) is 0 Å². The van der Waals surface area contributed by atoms with Gasteiger partial charge in [0.1, 0.15) is 0 Å². The molecule has 0 fully saturated rings. The Balaban J connectivity index is 3.69. The van der Waals surface area contributed by atoms with Crippen molar-refractivity contribution in [3.05, 3.63) is 25.3 Å². The van der Waals surface area contributed by atoms with Gasteiger partial charge in [0.05, 0.1) is 13.2 Å². The molecule has 0 aromatic rings. The molecule has 3 nitrogen and oxygen atoms in total. The van der Waals surface area contributed by atoms with E-state index in [1.54, 1.807) is 0 Å². The van der Waals surface area contributed by atoms with Gasteiger partial charge >= 0.3 is 7.91 Å². The fourth-order valence-corrected chi connectivity index (χ4v) is 0.962. The van der Waals surface area contributed by atoms with Gasteiger partial charge in [-0.05, 0) is 0 Å². The number of rotatable bonds is 6. The lowest BCUT2D eigenvalue weighted by Gasteiger charge is -2.05. The SMILES string of the molecule is C=CCOP(=O)(F)OCC=C. The van der Waals surface area contributed by atoms with Gasteiger partial charge in [-0.15, -0.1) is 17.4 Å². The molecule has 64 valence electrons. The Kier molecular flexibility index (Phi) is 5.03. The van der Waals surface area contributed by atoms with Crippen LogP contribution in [0.2, 0.25) is 0 Å². The van der Waals surface area contributed by atoms with Crippen molar-refractivity contribution >= 4 is 7.91 Å². The first-order chi connectivity index (χ1) is 5.12. The highest BCUT2D eigenvalue weighted by atomic mass is 31.2. The topological polar surface area (TPSA) is 35.5 Å². The zero-order valence-corrected chi connectivity index (χ0v) is 6.93. The Morgan fingerprint density at radius 2 is 1.64 bits per heavy atom. The molecule has 0 saturated carbocycles. The van der Waals surface area contributed by atoms with Crippen molar-refractivity contribution in [2.75, 3.05) is 13.2 Å². The number of hydrogen-bond donors (Lipinski definition) is 0. The molecule has 0 aromatic carbocycles. The first-order valence-electron chi connectivity index (χ1n) is 2.93. The summed E-state index contributed by atoms with van der Waals surface area (Å²) < 4.78 is 31.4. The van der Waals surface area contributed by atoms with Gasteiger partial charge in [0.15, 0.2) is 0 Å². The summed E-state index contributed by atoms with van der Waals surface area (Å²) in [5.41, 5.74) is 0. The maximum atomic E-state index is 12.5.